The third-order valence-electron chi connectivity index (χ3n) is 5.87. The molecule has 1 aliphatic rings. The Bertz CT molecular complexity index is 1190. The first-order valence-corrected chi connectivity index (χ1v) is 13.3. The molecule has 0 saturated heterocycles. The van der Waals surface area contributed by atoms with Gasteiger partial charge in [-0.15, -0.1) is 5.10 Å². The predicted octanol–water partition coefficient (Wildman–Crippen LogP) is 4.35. The quantitative estimate of drug-likeness (QED) is 0.123. The van der Waals surface area contributed by atoms with Crippen molar-refractivity contribution in [3.05, 3.63) is 77.1 Å². The Balaban J connectivity index is 0.000000485. The lowest BCUT2D eigenvalue weighted by Gasteiger charge is -2.22. The topological polar surface area (TPSA) is 138 Å². The third kappa shape index (κ3) is 8.84. The van der Waals surface area contributed by atoms with E-state index >= 15 is 0 Å². The molecule has 0 bridgehead atoms. The van der Waals surface area contributed by atoms with Crippen LogP contribution in [0.4, 0.5) is 0 Å². The largest absolute Gasteiger partial charge is 0.493 e. The maximum Gasteiger partial charge on any atom is 0.166 e. The van der Waals surface area contributed by atoms with Gasteiger partial charge >= 0.3 is 0 Å². The summed E-state index contributed by atoms with van der Waals surface area (Å²) in [5.41, 5.74) is 11.0. The Labute approximate surface area is 238 Å². The Morgan fingerprint density at radius 3 is 2.45 bits per heavy atom. The molecule has 1 aliphatic heterocycles. The summed E-state index contributed by atoms with van der Waals surface area (Å²) in [6.07, 6.45) is 4.14. The van der Waals surface area contributed by atoms with Gasteiger partial charge in [-0.3, -0.25) is 0 Å². The normalized spacial score (nSPS) is 13.3. The molecule has 3 aromatic rings. The molecule has 4 rings (SSSR count). The van der Waals surface area contributed by atoms with Crippen LogP contribution in [0.2, 0.25) is 0 Å². The number of hydrazone groups is 1. The maximum absolute atomic E-state index is 9.85. The van der Waals surface area contributed by atoms with Crippen LogP contribution in [0.25, 0.3) is 5.69 Å². The van der Waals surface area contributed by atoms with Gasteiger partial charge in [0.15, 0.2) is 11.5 Å². The van der Waals surface area contributed by atoms with Crippen molar-refractivity contribution in [1.29, 1.82) is 0 Å². The van der Waals surface area contributed by atoms with Gasteiger partial charge in [0.05, 0.1) is 26.5 Å². The lowest BCUT2D eigenvalue weighted by molar-refractivity contribution is -0.108. The summed E-state index contributed by atoms with van der Waals surface area (Å²) < 4.78 is 19.8. The zero-order valence-electron chi connectivity index (χ0n) is 24.8. The average molecular weight is 556 g/mol. The summed E-state index contributed by atoms with van der Waals surface area (Å²) in [4.78, 5) is 9.85. The van der Waals surface area contributed by atoms with Crippen molar-refractivity contribution < 1.29 is 24.1 Å². The van der Waals surface area contributed by atoms with Gasteiger partial charge in [-0.05, 0) is 36.2 Å². The number of rotatable bonds is 8. The molecule has 220 valence electrons. The molecule has 5 N–H and O–H groups in total. The highest BCUT2D eigenvalue weighted by Crippen LogP contribution is 2.42. The number of hydrazine groups is 1. The Morgan fingerprint density at radius 2 is 1.85 bits per heavy atom. The highest BCUT2D eigenvalue weighted by molar-refractivity contribution is 5.79. The number of aliphatic hydroxyl groups excluding tert-OH is 1. The van der Waals surface area contributed by atoms with Crippen LogP contribution < -0.4 is 21.1 Å². The molecular formula is C30H45N5O5. The minimum Gasteiger partial charge on any atom is -0.493 e. The fraction of sp³-hybridized carbons (Fsp3) is 0.400. The van der Waals surface area contributed by atoms with Crippen molar-refractivity contribution in [1.82, 2.24) is 9.69 Å². The Morgan fingerprint density at radius 1 is 1.12 bits per heavy atom. The third-order valence-corrected chi connectivity index (χ3v) is 5.87. The lowest BCUT2D eigenvalue weighted by Crippen LogP contribution is -2.30. The van der Waals surface area contributed by atoms with Gasteiger partial charge in [0.2, 0.25) is 0 Å². The van der Waals surface area contributed by atoms with E-state index in [1.54, 1.807) is 14.2 Å². The summed E-state index contributed by atoms with van der Waals surface area (Å²) in [5, 5.41) is 11.7. The fourth-order valence-corrected chi connectivity index (χ4v) is 4.01. The van der Waals surface area contributed by atoms with Crippen LogP contribution in [0.5, 0.6) is 11.5 Å². The SMILES string of the molecule is CC.CC/C(N)=N/N(N)CC=O.CCc1ccc2c(c1)C(c1cccc(OC)c1OC)OCc1cccn1-2.CO. The van der Waals surface area contributed by atoms with Crippen LogP contribution in [0, 0.1) is 0 Å². The number of aliphatic hydroxyl groups is 1. The number of nitrogens with two attached hydrogens (primary N) is 2. The first-order valence-electron chi connectivity index (χ1n) is 13.3. The van der Waals surface area contributed by atoms with E-state index in [2.05, 4.69) is 59.2 Å². The lowest BCUT2D eigenvalue weighted by atomic mass is 9.96. The van der Waals surface area contributed by atoms with Crippen LogP contribution in [-0.2, 0) is 22.6 Å². The summed E-state index contributed by atoms with van der Waals surface area (Å²) in [5.74, 6) is 7.05. The second-order valence-electron chi connectivity index (χ2n) is 8.12. The Kier molecular flexibility index (Phi) is 15.7. The minimum atomic E-state index is -0.221. The second kappa shape index (κ2) is 18.4. The van der Waals surface area contributed by atoms with E-state index in [1.165, 1.54) is 5.56 Å². The number of nitrogens with zero attached hydrogens (tertiary/aromatic N) is 3. The maximum atomic E-state index is 9.85. The van der Waals surface area contributed by atoms with Crippen molar-refractivity contribution in [2.24, 2.45) is 16.7 Å². The number of para-hydroxylation sites is 1. The molecule has 10 heteroatoms. The minimum absolute atomic E-state index is 0.0701. The number of aryl methyl sites for hydroxylation is 1. The number of benzene rings is 2. The number of carbonyl (C=O) groups excluding carboxylic acids is 1. The molecule has 40 heavy (non-hydrogen) atoms. The van der Waals surface area contributed by atoms with Crippen molar-refractivity contribution in [3.8, 4) is 17.2 Å². The molecule has 0 saturated carbocycles. The smallest absolute Gasteiger partial charge is 0.166 e. The standard InChI is InChI=1S/C22H23NO3.C5H12N4O.C2H6.CH4O/c1-4-15-10-11-19-18(13-15)21(26-14-16-7-6-12-23(16)19)17-8-5-9-20(24-2)22(17)25-3;1-2-5(6)8-9(7)3-4-10;2*1-2/h5-13,21H,4,14H2,1-3H3;4H,2-3,7H2,1H3,(H2,6,8);1-2H3;2H,1H3. The number of amidine groups is 1. The molecular weight excluding hydrogens is 510 g/mol. The number of aromatic nitrogens is 1. The molecule has 0 amide bonds. The monoisotopic (exact) mass is 555 g/mol. The van der Waals surface area contributed by atoms with Gasteiger partial charge in [-0.2, -0.15) is 0 Å². The first kappa shape index (κ1) is 34.2. The highest BCUT2D eigenvalue weighted by Gasteiger charge is 2.28. The fourth-order valence-electron chi connectivity index (χ4n) is 4.01. The van der Waals surface area contributed by atoms with Crippen molar-refractivity contribution >= 4 is 12.1 Å². The predicted molar refractivity (Wildman–Crippen MR) is 160 cm³/mol. The summed E-state index contributed by atoms with van der Waals surface area (Å²) in [7, 11) is 4.33. The Hall–Kier alpha value is -3.86. The van der Waals surface area contributed by atoms with Crippen molar-refractivity contribution in [2.75, 3.05) is 27.9 Å². The number of carbonyl (C=O) groups is 1. The molecule has 2 aromatic carbocycles. The van der Waals surface area contributed by atoms with Gasteiger partial charge in [0.25, 0.3) is 0 Å². The number of aldehydes is 1. The number of methoxy groups -OCH3 is 2. The van der Waals surface area contributed by atoms with E-state index < -0.39 is 0 Å². The average Bonchev–Trinajstić information content (AvgIpc) is 3.41. The molecule has 1 unspecified atom stereocenters. The van der Waals surface area contributed by atoms with Crippen LogP contribution in [-0.4, -0.2) is 54.8 Å². The zero-order valence-corrected chi connectivity index (χ0v) is 24.8. The van der Waals surface area contributed by atoms with E-state index in [-0.39, 0.29) is 12.6 Å². The summed E-state index contributed by atoms with van der Waals surface area (Å²) >= 11 is 0. The zero-order chi connectivity index (χ0) is 30.1. The van der Waals surface area contributed by atoms with Gasteiger partial charge < -0.3 is 34.4 Å². The van der Waals surface area contributed by atoms with E-state index in [4.69, 9.17) is 30.9 Å². The number of ether oxygens (including phenoxy) is 3. The molecule has 0 fully saturated rings. The second-order valence-corrected chi connectivity index (χ2v) is 8.12. The van der Waals surface area contributed by atoms with Crippen LogP contribution in [0.15, 0.2) is 59.8 Å². The molecule has 1 atom stereocenters. The molecule has 0 spiro atoms. The van der Waals surface area contributed by atoms with Gasteiger partial charge in [0, 0.05) is 36.5 Å². The number of hydrogen-bond donors (Lipinski definition) is 3. The van der Waals surface area contributed by atoms with Crippen molar-refractivity contribution in [3.63, 3.8) is 0 Å². The van der Waals surface area contributed by atoms with E-state index in [9.17, 15) is 4.79 Å². The first-order chi connectivity index (χ1) is 19.5. The van der Waals surface area contributed by atoms with Crippen molar-refractivity contribution in [2.45, 2.75) is 53.2 Å². The molecule has 2 heterocycles. The van der Waals surface area contributed by atoms with Crippen LogP contribution >= 0.6 is 0 Å². The molecule has 10 nitrogen and oxygen atoms in total. The van der Waals surface area contributed by atoms with Gasteiger partial charge in [-0.25, -0.2) is 11.0 Å². The summed E-state index contributed by atoms with van der Waals surface area (Å²) in [6, 6.07) is 16.7. The van der Waals surface area contributed by atoms with Gasteiger partial charge in [0.1, 0.15) is 24.8 Å². The van der Waals surface area contributed by atoms with Crippen LogP contribution in [0.3, 0.4) is 0 Å². The summed E-state index contributed by atoms with van der Waals surface area (Å²) in [6.45, 7) is 8.63. The van der Waals surface area contributed by atoms with E-state index in [0.717, 1.165) is 46.9 Å². The number of hydrogen-bond acceptors (Lipinski definition) is 8. The molecule has 0 aliphatic carbocycles. The number of fused-ring (bicyclic) bond motifs is 3. The van der Waals surface area contributed by atoms with Gasteiger partial charge in [-0.1, -0.05) is 52.0 Å². The van der Waals surface area contributed by atoms with Crippen LogP contribution in [0.1, 0.15) is 62.6 Å². The molecule has 0 radical (unpaired) electrons. The van der Waals surface area contributed by atoms with E-state index in [0.29, 0.717) is 30.9 Å². The molecule has 1 aromatic heterocycles. The highest BCUT2D eigenvalue weighted by atomic mass is 16.5. The van der Waals surface area contributed by atoms with E-state index in [1.807, 2.05) is 32.9 Å².